The highest BCUT2D eigenvalue weighted by Gasteiger charge is 2.15. The predicted octanol–water partition coefficient (Wildman–Crippen LogP) is 3.15. The molecular weight excluding hydrogens is 258 g/mol. The predicted molar refractivity (Wildman–Crippen MR) is 89.0 cm³/mol. The van der Waals surface area contributed by atoms with Gasteiger partial charge in [-0.25, -0.2) is 0 Å². The van der Waals surface area contributed by atoms with E-state index in [2.05, 4.69) is 76.5 Å². The van der Waals surface area contributed by atoms with Gasteiger partial charge in [-0.1, -0.05) is 42.5 Å². The molecule has 0 amide bonds. The van der Waals surface area contributed by atoms with E-state index in [1.165, 1.54) is 16.8 Å². The molecule has 0 spiro atoms. The van der Waals surface area contributed by atoms with Crippen molar-refractivity contribution in [2.24, 2.45) is 5.10 Å². The first-order valence-electron chi connectivity index (χ1n) is 7.47. The highest BCUT2D eigenvalue weighted by molar-refractivity contribution is 5.81. The average Bonchev–Trinajstić information content (AvgIpc) is 2.55. The van der Waals surface area contributed by atoms with Crippen LogP contribution < -0.4 is 4.90 Å². The van der Waals surface area contributed by atoms with Gasteiger partial charge in [0, 0.05) is 18.8 Å². The zero-order chi connectivity index (χ0) is 14.5. The molecule has 3 nitrogen and oxygen atoms in total. The van der Waals surface area contributed by atoms with E-state index in [-0.39, 0.29) is 0 Å². The zero-order valence-corrected chi connectivity index (χ0v) is 12.4. The van der Waals surface area contributed by atoms with E-state index < -0.39 is 0 Å². The van der Waals surface area contributed by atoms with E-state index in [0.717, 1.165) is 26.2 Å². The number of nitrogens with zero attached hydrogens (tertiary/aromatic N) is 3. The summed E-state index contributed by atoms with van der Waals surface area (Å²) >= 11 is 0. The first kappa shape index (κ1) is 13.7. The summed E-state index contributed by atoms with van der Waals surface area (Å²) in [5, 5.41) is 6.78. The molecule has 1 aliphatic heterocycles. The third-order valence-corrected chi connectivity index (χ3v) is 3.93. The molecule has 108 valence electrons. The van der Waals surface area contributed by atoms with Gasteiger partial charge in [0.05, 0.1) is 19.3 Å². The van der Waals surface area contributed by atoms with Crippen molar-refractivity contribution in [1.29, 1.82) is 0 Å². The molecule has 0 bridgehead atoms. The molecular formula is C18H21N3. The van der Waals surface area contributed by atoms with Crippen molar-refractivity contribution in [3.05, 3.63) is 65.7 Å². The van der Waals surface area contributed by atoms with Crippen LogP contribution >= 0.6 is 0 Å². The van der Waals surface area contributed by atoms with E-state index in [1.54, 1.807) is 0 Å². The highest BCUT2D eigenvalue weighted by atomic mass is 15.5. The SMILES string of the molecule is Cc1ccccc1C=NN1CCN(c2ccccc2)CC1. The lowest BCUT2D eigenvalue weighted by Gasteiger charge is -2.34. The van der Waals surface area contributed by atoms with Gasteiger partial charge in [0.1, 0.15) is 0 Å². The van der Waals surface area contributed by atoms with Gasteiger partial charge < -0.3 is 4.90 Å². The Labute approximate surface area is 126 Å². The van der Waals surface area contributed by atoms with Crippen LogP contribution in [0.3, 0.4) is 0 Å². The number of hydrazone groups is 1. The Morgan fingerprint density at radius 2 is 1.52 bits per heavy atom. The van der Waals surface area contributed by atoms with Gasteiger partial charge in [-0.3, -0.25) is 5.01 Å². The first-order chi connectivity index (χ1) is 10.3. The Hall–Kier alpha value is -2.29. The van der Waals surface area contributed by atoms with Crippen molar-refractivity contribution < 1.29 is 0 Å². The van der Waals surface area contributed by atoms with Crippen LogP contribution in [0.15, 0.2) is 59.7 Å². The Bertz CT molecular complexity index is 599. The number of rotatable bonds is 3. The van der Waals surface area contributed by atoms with Crippen LogP contribution in [0.1, 0.15) is 11.1 Å². The van der Waals surface area contributed by atoms with Gasteiger partial charge in [0.25, 0.3) is 0 Å². The number of hydrogen-bond acceptors (Lipinski definition) is 3. The van der Waals surface area contributed by atoms with Crippen LogP contribution in [0.4, 0.5) is 5.69 Å². The van der Waals surface area contributed by atoms with Crippen molar-refractivity contribution in [1.82, 2.24) is 5.01 Å². The van der Waals surface area contributed by atoms with Crippen LogP contribution in [-0.2, 0) is 0 Å². The number of anilines is 1. The Morgan fingerprint density at radius 1 is 0.857 bits per heavy atom. The monoisotopic (exact) mass is 279 g/mol. The molecule has 2 aromatic carbocycles. The van der Waals surface area contributed by atoms with Gasteiger partial charge in [0.15, 0.2) is 0 Å². The second kappa shape index (κ2) is 6.44. The quantitative estimate of drug-likeness (QED) is 0.804. The lowest BCUT2D eigenvalue weighted by molar-refractivity contribution is 0.272. The molecule has 0 radical (unpaired) electrons. The van der Waals surface area contributed by atoms with E-state index in [9.17, 15) is 0 Å². The average molecular weight is 279 g/mol. The van der Waals surface area contributed by atoms with Gasteiger partial charge in [-0.05, 0) is 30.2 Å². The molecule has 1 fully saturated rings. The molecule has 1 aliphatic rings. The Balaban J connectivity index is 1.58. The maximum absolute atomic E-state index is 4.62. The number of benzene rings is 2. The van der Waals surface area contributed by atoms with Crippen molar-refractivity contribution in [3.63, 3.8) is 0 Å². The molecule has 0 atom stereocenters. The molecule has 0 N–H and O–H groups in total. The lowest BCUT2D eigenvalue weighted by atomic mass is 10.1. The van der Waals surface area contributed by atoms with E-state index in [1.807, 2.05) is 6.21 Å². The van der Waals surface area contributed by atoms with Crippen LogP contribution in [0.5, 0.6) is 0 Å². The summed E-state index contributed by atoms with van der Waals surface area (Å²) in [5.41, 5.74) is 3.77. The number of para-hydroxylation sites is 1. The molecule has 0 unspecified atom stereocenters. The number of hydrogen-bond donors (Lipinski definition) is 0. The van der Waals surface area contributed by atoms with Crippen LogP contribution in [-0.4, -0.2) is 37.4 Å². The van der Waals surface area contributed by atoms with Crippen molar-refractivity contribution in [3.8, 4) is 0 Å². The van der Waals surface area contributed by atoms with Gasteiger partial charge in [-0.15, -0.1) is 0 Å². The summed E-state index contributed by atoms with van der Waals surface area (Å²) in [6.45, 7) is 6.10. The van der Waals surface area contributed by atoms with Crippen molar-refractivity contribution in [2.45, 2.75) is 6.92 Å². The fourth-order valence-electron chi connectivity index (χ4n) is 2.58. The second-order valence-corrected chi connectivity index (χ2v) is 5.38. The maximum atomic E-state index is 4.62. The standard InChI is InChI=1S/C18H21N3/c1-16-7-5-6-8-17(16)15-19-21-13-11-20(12-14-21)18-9-3-2-4-10-18/h2-10,15H,11-14H2,1H3. The number of aryl methyl sites for hydroxylation is 1. The Morgan fingerprint density at radius 3 is 2.24 bits per heavy atom. The minimum absolute atomic E-state index is 0.970. The third kappa shape index (κ3) is 3.43. The van der Waals surface area contributed by atoms with Gasteiger partial charge in [0.2, 0.25) is 0 Å². The van der Waals surface area contributed by atoms with Gasteiger partial charge >= 0.3 is 0 Å². The fourth-order valence-corrected chi connectivity index (χ4v) is 2.58. The third-order valence-electron chi connectivity index (χ3n) is 3.93. The van der Waals surface area contributed by atoms with E-state index in [0.29, 0.717) is 0 Å². The lowest BCUT2D eigenvalue weighted by Crippen LogP contribution is -2.44. The molecule has 0 aromatic heterocycles. The minimum atomic E-state index is 0.970. The largest absolute Gasteiger partial charge is 0.368 e. The Kier molecular flexibility index (Phi) is 4.20. The molecule has 1 heterocycles. The molecule has 0 saturated carbocycles. The summed E-state index contributed by atoms with van der Waals surface area (Å²) in [4.78, 5) is 2.42. The summed E-state index contributed by atoms with van der Waals surface area (Å²) in [6, 6.07) is 18.9. The van der Waals surface area contributed by atoms with Crippen LogP contribution in [0, 0.1) is 6.92 Å². The van der Waals surface area contributed by atoms with E-state index >= 15 is 0 Å². The molecule has 0 aliphatic carbocycles. The van der Waals surface area contributed by atoms with Crippen LogP contribution in [0.25, 0.3) is 0 Å². The normalized spacial score (nSPS) is 15.7. The topological polar surface area (TPSA) is 18.8 Å². The summed E-state index contributed by atoms with van der Waals surface area (Å²) in [6.07, 6.45) is 1.98. The molecule has 21 heavy (non-hydrogen) atoms. The van der Waals surface area contributed by atoms with E-state index in [4.69, 9.17) is 0 Å². The first-order valence-corrected chi connectivity index (χ1v) is 7.47. The zero-order valence-electron chi connectivity index (χ0n) is 12.4. The molecule has 1 saturated heterocycles. The second-order valence-electron chi connectivity index (χ2n) is 5.38. The minimum Gasteiger partial charge on any atom is -0.368 e. The molecule has 2 aromatic rings. The maximum Gasteiger partial charge on any atom is 0.0545 e. The van der Waals surface area contributed by atoms with Crippen molar-refractivity contribution >= 4 is 11.9 Å². The molecule has 3 rings (SSSR count). The highest BCUT2D eigenvalue weighted by Crippen LogP contribution is 2.15. The molecule has 3 heteroatoms. The van der Waals surface area contributed by atoms with Crippen molar-refractivity contribution in [2.75, 3.05) is 31.1 Å². The van der Waals surface area contributed by atoms with Gasteiger partial charge in [-0.2, -0.15) is 5.10 Å². The summed E-state index contributed by atoms with van der Waals surface area (Å²) in [5.74, 6) is 0. The summed E-state index contributed by atoms with van der Waals surface area (Å²) in [7, 11) is 0. The smallest absolute Gasteiger partial charge is 0.0545 e. The summed E-state index contributed by atoms with van der Waals surface area (Å²) < 4.78 is 0. The number of piperazine rings is 1. The van der Waals surface area contributed by atoms with Crippen LogP contribution in [0.2, 0.25) is 0 Å². The fraction of sp³-hybridized carbons (Fsp3) is 0.278.